The van der Waals surface area contributed by atoms with Crippen molar-refractivity contribution in [2.45, 2.75) is 13.3 Å². The van der Waals surface area contributed by atoms with Crippen molar-refractivity contribution in [2.24, 2.45) is 10.9 Å². The van der Waals surface area contributed by atoms with Crippen LogP contribution in [0, 0.1) is 6.92 Å². The van der Waals surface area contributed by atoms with E-state index in [1.165, 1.54) is 0 Å². The second kappa shape index (κ2) is 12.0. The zero-order chi connectivity index (χ0) is 23.5. The lowest BCUT2D eigenvalue weighted by atomic mass is 10.0. The van der Waals surface area contributed by atoms with Crippen molar-refractivity contribution < 1.29 is 19.1 Å². The fourth-order valence-electron chi connectivity index (χ4n) is 2.94. The molecule has 0 aliphatic carbocycles. The first-order valence-corrected chi connectivity index (χ1v) is 10.3. The predicted octanol–water partition coefficient (Wildman–Crippen LogP) is 2.48. The van der Waals surface area contributed by atoms with Gasteiger partial charge in [-0.15, -0.1) is 0 Å². The Labute approximate surface area is 192 Å². The van der Waals surface area contributed by atoms with Crippen LogP contribution < -0.4 is 26.2 Å². The molecule has 0 radical (unpaired) electrons. The molecule has 170 valence electrons. The van der Waals surface area contributed by atoms with Gasteiger partial charge in [0.2, 0.25) is 0 Å². The van der Waals surface area contributed by atoms with Crippen LogP contribution in [-0.2, 0) is 16.0 Å². The van der Waals surface area contributed by atoms with Crippen molar-refractivity contribution >= 4 is 18.0 Å². The number of nitrogens with zero attached hydrogens (tertiary/aromatic N) is 1. The van der Waals surface area contributed by atoms with Crippen LogP contribution in [0.15, 0.2) is 77.9 Å². The SMILES string of the molecule is Cc1cccc(C=NNC(=O)COc2ccc(Cc3ccc(OCC(=O)NN)cc3)cc2)c1. The van der Waals surface area contributed by atoms with Gasteiger partial charge in [0.25, 0.3) is 11.8 Å². The third-order valence-corrected chi connectivity index (χ3v) is 4.60. The summed E-state index contributed by atoms with van der Waals surface area (Å²) in [6, 6.07) is 22.8. The van der Waals surface area contributed by atoms with Crippen LogP contribution in [-0.4, -0.2) is 31.2 Å². The monoisotopic (exact) mass is 446 g/mol. The Bertz CT molecular complexity index is 1100. The normalized spacial score (nSPS) is 10.6. The third-order valence-electron chi connectivity index (χ3n) is 4.60. The summed E-state index contributed by atoms with van der Waals surface area (Å²) in [6.07, 6.45) is 2.31. The molecule has 0 aromatic heterocycles. The standard InChI is InChI=1S/C25H26N4O4/c1-18-3-2-4-21(13-18)15-27-29-25(31)17-33-23-11-7-20(8-12-23)14-19-5-9-22(10-6-19)32-16-24(30)28-26/h2-13,15H,14,16-17,26H2,1H3,(H,28,30)(H,29,31). The molecule has 0 saturated carbocycles. The molecule has 0 unspecified atom stereocenters. The van der Waals surface area contributed by atoms with E-state index in [2.05, 4.69) is 10.5 Å². The molecule has 33 heavy (non-hydrogen) atoms. The largest absolute Gasteiger partial charge is 0.484 e. The minimum atomic E-state index is -0.395. The summed E-state index contributed by atoms with van der Waals surface area (Å²) in [5, 5.41) is 3.95. The first-order valence-electron chi connectivity index (χ1n) is 10.3. The van der Waals surface area contributed by atoms with Crippen LogP contribution in [0.4, 0.5) is 0 Å². The van der Waals surface area contributed by atoms with E-state index in [1.807, 2.05) is 73.0 Å². The Hall–Kier alpha value is -4.17. The van der Waals surface area contributed by atoms with Crippen LogP contribution in [0.5, 0.6) is 11.5 Å². The zero-order valence-corrected chi connectivity index (χ0v) is 18.3. The van der Waals surface area contributed by atoms with Gasteiger partial charge in [-0.05, 0) is 54.3 Å². The number of aryl methyl sites for hydroxylation is 1. The smallest absolute Gasteiger partial charge is 0.277 e. The van der Waals surface area contributed by atoms with Crippen molar-refractivity contribution in [1.82, 2.24) is 10.9 Å². The van der Waals surface area contributed by atoms with E-state index in [4.69, 9.17) is 15.3 Å². The van der Waals surface area contributed by atoms with Gasteiger partial charge in [0, 0.05) is 0 Å². The molecule has 4 N–H and O–H groups in total. The molecule has 0 atom stereocenters. The van der Waals surface area contributed by atoms with Gasteiger partial charge in [-0.1, -0.05) is 54.1 Å². The number of hydrogen-bond acceptors (Lipinski definition) is 6. The van der Waals surface area contributed by atoms with Crippen LogP contribution in [0.2, 0.25) is 0 Å². The van der Waals surface area contributed by atoms with E-state index < -0.39 is 5.91 Å². The number of carbonyl (C=O) groups excluding carboxylic acids is 2. The minimum Gasteiger partial charge on any atom is -0.484 e. The maximum Gasteiger partial charge on any atom is 0.277 e. The molecule has 3 aromatic rings. The third kappa shape index (κ3) is 8.12. The summed E-state index contributed by atoms with van der Waals surface area (Å²) >= 11 is 0. The second-order valence-electron chi connectivity index (χ2n) is 7.32. The summed E-state index contributed by atoms with van der Waals surface area (Å²) in [6.45, 7) is 1.73. The van der Waals surface area contributed by atoms with Crippen molar-refractivity contribution in [1.29, 1.82) is 0 Å². The molecule has 0 aliphatic rings. The first-order chi connectivity index (χ1) is 16.0. The van der Waals surface area contributed by atoms with E-state index in [1.54, 1.807) is 18.3 Å². The Morgan fingerprint density at radius 1 is 0.879 bits per heavy atom. The van der Waals surface area contributed by atoms with Gasteiger partial charge in [-0.25, -0.2) is 11.3 Å². The van der Waals surface area contributed by atoms with Gasteiger partial charge in [-0.3, -0.25) is 15.0 Å². The molecular formula is C25H26N4O4. The van der Waals surface area contributed by atoms with Gasteiger partial charge in [0.05, 0.1) is 6.21 Å². The summed E-state index contributed by atoms with van der Waals surface area (Å²) in [7, 11) is 0. The van der Waals surface area contributed by atoms with Crippen molar-refractivity contribution in [3.63, 3.8) is 0 Å². The number of nitrogens with one attached hydrogen (secondary N) is 2. The molecule has 0 spiro atoms. The molecule has 0 aliphatic heterocycles. The lowest BCUT2D eigenvalue weighted by Crippen LogP contribution is -2.34. The topological polar surface area (TPSA) is 115 Å². The molecule has 3 aromatic carbocycles. The Morgan fingerprint density at radius 2 is 1.45 bits per heavy atom. The maximum absolute atomic E-state index is 11.9. The highest BCUT2D eigenvalue weighted by molar-refractivity contribution is 5.83. The second-order valence-corrected chi connectivity index (χ2v) is 7.32. The summed E-state index contributed by atoms with van der Waals surface area (Å²) in [5.41, 5.74) is 8.68. The molecule has 8 heteroatoms. The number of hydrazine groups is 1. The fourth-order valence-corrected chi connectivity index (χ4v) is 2.94. The lowest BCUT2D eigenvalue weighted by Gasteiger charge is -2.08. The van der Waals surface area contributed by atoms with Crippen LogP contribution in [0.1, 0.15) is 22.3 Å². The predicted molar refractivity (Wildman–Crippen MR) is 126 cm³/mol. The number of rotatable bonds is 10. The van der Waals surface area contributed by atoms with Crippen LogP contribution in [0.3, 0.4) is 0 Å². The summed E-state index contributed by atoms with van der Waals surface area (Å²) < 4.78 is 10.8. The van der Waals surface area contributed by atoms with Crippen molar-refractivity contribution in [3.05, 3.63) is 95.1 Å². The first kappa shape index (κ1) is 23.5. The van der Waals surface area contributed by atoms with E-state index in [-0.39, 0.29) is 19.1 Å². The van der Waals surface area contributed by atoms with E-state index in [9.17, 15) is 9.59 Å². The van der Waals surface area contributed by atoms with Gasteiger partial charge < -0.3 is 9.47 Å². The van der Waals surface area contributed by atoms with Crippen LogP contribution in [0.25, 0.3) is 0 Å². The number of ether oxygens (including phenoxy) is 2. The average molecular weight is 447 g/mol. The molecule has 0 bridgehead atoms. The number of carbonyl (C=O) groups is 2. The quantitative estimate of drug-likeness (QED) is 0.192. The molecule has 2 amide bonds. The van der Waals surface area contributed by atoms with Gasteiger partial charge in [0.1, 0.15) is 11.5 Å². The Morgan fingerprint density at radius 3 is 2.00 bits per heavy atom. The number of hydrazone groups is 1. The molecule has 8 nitrogen and oxygen atoms in total. The highest BCUT2D eigenvalue weighted by Gasteiger charge is 2.04. The Kier molecular flexibility index (Phi) is 8.55. The van der Waals surface area contributed by atoms with Gasteiger partial charge >= 0.3 is 0 Å². The highest BCUT2D eigenvalue weighted by Crippen LogP contribution is 2.18. The van der Waals surface area contributed by atoms with E-state index in [0.29, 0.717) is 11.5 Å². The summed E-state index contributed by atoms with van der Waals surface area (Å²) in [4.78, 5) is 23.0. The molecular weight excluding hydrogens is 420 g/mol. The highest BCUT2D eigenvalue weighted by atomic mass is 16.5. The maximum atomic E-state index is 11.9. The lowest BCUT2D eigenvalue weighted by molar-refractivity contribution is -0.123. The van der Waals surface area contributed by atoms with E-state index in [0.717, 1.165) is 28.7 Å². The zero-order valence-electron chi connectivity index (χ0n) is 18.3. The Balaban J connectivity index is 1.42. The number of nitrogens with two attached hydrogens (primary N) is 1. The summed E-state index contributed by atoms with van der Waals surface area (Å²) in [5.74, 6) is 5.47. The number of amides is 2. The van der Waals surface area contributed by atoms with E-state index >= 15 is 0 Å². The average Bonchev–Trinajstić information content (AvgIpc) is 2.83. The van der Waals surface area contributed by atoms with Crippen molar-refractivity contribution in [3.8, 4) is 11.5 Å². The number of hydrogen-bond donors (Lipinski definition) is 3. The number of benzene rings is 3. The van der Waals surface area contributed by atoms with Crippen molar-refractivity contribution in [2.75, 3.05) is 13.2 Å². The molecule has 3 rings (SSSR count). The molecule has 0 heterocycles. The van der Waals surface area contributed by atoms with Gasteiger partial charge in [0.15, 0.2) is 13.2 Å². The minimum absolute atomic E-state index is 0.131. The fraction of sp³-hybridized carbons (Fsp3) is 0.160. The molecule has 0 saturated heterocycles. The van der Waals surface area contributed by atoms with Crippen LogP contribution >= 0.6 is 0 Å². The van der Waals surface area contributed by atoms with Gasteiger partial charge in [-0.2, -0.15) is 5.10 Å². The molecule has 0 fully saturated rings.